The van der Waals surface area contributed by atoms with Crippen molar-refractivity contribution in [3.63, 3.8) is 0 Å². The molecule has 5 heteroatoms. The second kappa shape index (κ2) is 6.84. The summed E-state index contributed by atoms with van der Waals surface area (Å²) in [6, 6.07) is 12.8. The van der Waals surface area contributed by atoms with Gasteiger partial charge >= 0.3 is 0 Å². The summed E-state index contributed by atoms with van der Waals surface area (Å²) in [4.78, 5) is 16.8. The lowest BCUT2D eigenvalue weighted by molar-refractivity contribution is 0.0926. The molecule has 0 unspecified atom stereocenters. The maximum Gasteiger partial charge on any atom is 0.176 e. The van der Waals surface area contributed by atoms with E-state index in [1.165, 1.54) is 11.6 Å². The third-order valence-corrected chi connectivity index (χ3v) is 5.07. The first kappa shape index (κ1) is 16.1. The van der Waals surface area contributed by atoms with Crippen LogP contribution in [-0.4, -0.2) is 50.0 Å². The lowest BCUT2D eigenvalue weighted by atomic mass is 10.0. The number of carbonyl (C=O) groups is 1. The lowest BCUT2D eigenvalue weighted by Gasteiger charge is -2.35. The Morgan fingerprint density at radius 1 is 1.08 bits per heavy atom. The van der Waals surface area contributed by atoms with Crippen LogP contribution in [0.1, 0.15) is 15.9 Å². The third-order valence-electron chi connectivity index (χ3n) is 5.07. The lowest BCUT2D eigenvalue weighted by Crippen LogP contribution is -2.48. The number of carbonyl (C=O) groups excluding carboxylic acids is 1. The van der Waals surface area contributed by atoms with Crippen molar-refractivity contribution < 1.29 is 9.18 Å². The second-order valence-corrected chi connectivity index (χ2v) is 6.69. The highest BCUT2D eigenvalue weighted by atomic mass is 19.1. The van der Waals surface area contributed by atoms with Crippen LogP contribution in [0.3, 0.4) is 0 Å². The number of hydrogen-bond acceptors (Lipinski definition) is 4. The summed E-state index contributed by atoms with van der Waals surface area (Å²) < 4.78 is 13.9. The zero-order valence-electron chi connectivity index (χ0n) is 14.2. The summed E-state index contributed by atoms with van der Waals surface area (Å²) in [6.07, 6.45) is 0.984. The number of piperazine rings is 1. The summed E-state index contributed by atoms with van der Waals surface area (Å²) in [5, 5.41) is 3.31. The molecule has 2 aromatic rings. The Morgan fingerprint density at radius 2 is 1.88 bits per heavy atom. The smallest absolute Gasteiger partial charge is 0.176 e. The molecule has 130 valence electrons. The fourth-order valence-corrected chi connectivity index (χ4v) is 3.63. The molecule has 0 spiro atoms. The standard InChI is InChI=1S/C20H22FN3O/c21-17-3-1-2-4-19(17)24-11-9-23(10-12-24)14-20(25)16-5-6-18-15(13-16)7-8-22-18/h1-6,13,22H,7-12,14H2. The van der Waals surface area contributed by atoms with E-state index in [1.54, 1.807) is 6.07 Å². The summed E-state index contributed by atoms with van der Waals surface area (Å²) in [7, 11) is 0. The summed E-state index contributed by atoms with van der Waals surface area (Å²) in [6.45, 7) is 4.39. The van der Waals surface area contributed by atoms with Crippen molar-refractivity contribution in [2.24, 2.45) is 0 Å². The molecule has 25 heavy (non-hydrogen) atoms. The Labute approximate surface area is 147 Å². The zero-order chi connectivity index (χ0) is 17.2. The summed E-state index contributed by atoms with van der Waals surface area (Å²) in [5.41, 5.74) is 3.82. The largest absolute Gasteiger partial charge is 0.384 e. The minimum atomic E-state index is -0.182. The van der Waals surface area contributed by atoms with Crippen LogP contribution < -0.4 is 10.2 Å². The number of Topliss-reactive ketones (excluding diaryl/α,β-unsaturated/α-hetero) is 1. The van der Waals surface area contributed by atoms with E-state index < -0.39 is 0 Å². The van der Waals surface area contributed by atoms with Crippen LogP contribution in [0.5, 0.6) is 0 Å². The predicted octanol–water partition coefficient (Wildman–Crippen LogP) is 2.80. The van der Waals surface area contributed by atoms with Crippen molar-refractivity contribution in [3.05, 3.63) is 59.4 Å². The molecular formula is C20H22FN3O. The molecule has 0 bridgehead atoms. The molecule has 0 aromatic heterocycles. The van der Waals surface area contributed by atoms with Crippen LogP contribution in [0.2, 0.25) is 0 Å². The molecule has 4 nitrogen and oxygen atoms in total. The highest BCUT2D eigenvalue weighted by molar-refractivity contribution is 5.98. The molecule has 0 radical (unpaired) electrons. The van der Waals surface area contributed by atoms with Gasteiger partial charge in [0, 0.05) is 44.0 Å². The van der Waals surface area contributed by atoms with Gasteiger partial charge in [-0.25, -0.2) is 4.39 Å². The maximum atomic E-state index is 13.9. The Hall–Kier alpha value is -2.40. The molecule has 0 amide bonds. The van der Waals surface area contributed by atoms with Gasteiger partial charge in [0.25, 0.3) is 0 Å². The number of halogens is 1. The molecule has 2 aromatic carbocycles. The van der Waals surface area contributed by atoms with E-state index in [0.717, 1.165) is 50.4 Å². The topological polar surface area (TPSA) is 35.6 Å². The molecular weight excluding hydrogens is 317 g/mol. The highest BCUT2D eigenvalue weighted by Crippen LogP contribution is 2.24. The first-order valence-electron chi connectivity index (χ1n) is 8.82. The van der Waals surface area contributed by atoms with E-state index in [1.807, 2.05) is 30.3 Å². The summed E-state index contributed by atoms with van der Waals surface area (Å²) in [5.74, 6) is -0.0205. The number of anilines is 2. The normalized spacial score (nSPS) is 17.2. The van der Waals surface area contributed by atoms with E-state index in [0.29, 0.717) is 12.2 Å². The van der Waals surface area contributed by atoms with Gasteiger partial charge in [-0.2, -0.15) is 0 Å². The van der Waals surface area contributed by atoms with Crippen molar-refractivity contribution in [2.45, 2.75) is 6.42 Å². The van der Waals surface area contributed by atoms with E-state index in [-0.39, 0.29) is 11.6 Å². The first-order chi connectivity index (χ1) is 12.2. The van der Waals surface area contributed by atoms with E-state index >= 15 is 0 Å². The Balaban J connectivity index is 1.35. The number of benzene rings is 2. The van der Waals surface area contributed by atoms with Gasteiger partial charge in [0.1, 0.15) is 5.82 Å². The molecule has 0 saturated carbocycles. The quantitative estimate of drug-likeness (QED) is 0.869. The van der Waals surface area contributed by atoms with Crippen LogP contribution in [0, 0.1) is 5.82 Å². The number of ketones is 1. The minimum Gasteiger partial charge on any atom is -0.384 e. The van der Waals surface area contributed by atoms with Gasteiger partial charge in [-0.05, 0) is 42.3 Å². The predicted molar refractivity (Wildman–Crippen MR) is 98.0 cm³/mol. The molecule has 0 atom stereocenters. The highest BCUT2D eigenvalue weighted by Gasteiger charge is 2.22. The average molecular weight is 339 g/mol. The number of para-hydroxylation sites is 1. The van der Waals surface area contributed by atoms with Crippen LogP contribution >= 0.6 is 0 Å². The fraction of sp³-hybridized carbons (Fsp3) is 0.350. The number of rotatable bonds is 4. The molecule has 2 aliphatic rings. The van der Waals surface area contributed by atoms with Gasteiger partial charge in [0.15, 0.2) is 5.78 Å². The Morgan fingerprint density at radius 3 is 2.68 bits per heavy atom. The van der Waals surface area contributed by atoms with Crippen molar-refractivity contribution in [3.8, 4) is 0 Å². The minimum absolute atomic E-state index is 0.161. The van der Waals surface area contributed by atoms with Crippen LogP contribution in [0.15, 0.2) is 42.5 Å². The molecule has 4 rings (SSSR count). The van der Waals surface area contributed by atoms with Crippen LogP contribution in [0.4, 0.5) is 15.8 Å². The molecule has 1 saturated heterocycles. The van der Waals surface area contributed by atoms with E-state index in [2.05, 4.69) is 15.1 Å². The first-order valence-corrected chi connectivity index (χ1v) is 8.82. The summed E-state index contributed by atoms with van der Waals surface area (Å²) >= 11 is 0. The molecule has 2 heterocycles. The monoisotopic (exact) mass is 339 g/mol. The molecule has 2 aliphatic heterocycles. The molecule has 1 fully saturated rings. The van der Waals surface area contributed by atoms with E-state index in [4.69, 9.17) is 0 Å². The number of nitrogens with zero attached hydrogens (tertiary/aromatic N) is 2. The molecule has 1 N–H and O–H groups in total. The van der Waals surface area contributed by atoms with E-state index in [9.17, 15) is 9.18 Å². The second-order valence-electron chi connectivity index (χ2n) is 6.69. The number of fused-ring (bicyclic) bond motifs is 1. The van der Waals surface area contributed by atoms with Crippen LogP contribution in [0.25, 0.3) is 0 Å². The van der Waals surface area contributed by atoms with Crippen molar-refractivity contribution in [1.82, 2.24) is 4.90 Å². The van der Waals surface area contributed by atoms with Gasteiger partial charge < -0.3 is 10.2 Å². The van der Waals surface area contributed by atoms with Gasteiger partial charge in [0.2, 0.25) is 0 Å². The van der Waals surface area contributed by atoms with Crippen molar-refractivity contribution >= 4 is 17.2 Å². The number of hydrogen-bond donors (Lipinski definition) is 1. The Bertz CT molecular complexity index is 784. The van der Waals surface area contributed by atoms with Gasteiger partial charge in [-0.3, -0.25) is 9.69 Å². The van der Waals surface area contributed by atoms with Crippen molar-refractivity contribution in [2.75, 3.05) is 49.5 Å². The third kappa shape index (κ3) is 3.37. The number of nitrogens with one attached hydrogen (secondary N) is 1. The van der Waals surface area contributed by atoms with Crippen molar-refractivity contribution in [1.29, 1.82) is 0 Å². The van der Waals surface area contributed by atoms with Gasteiger partial charge in [-0.15, -0.1) is 0 Å². The SMILES string of the molecule is O=C(CN1CCN(c2ccccc2F)CC1)c1ccc2c(c1)CCN2. The zero-order valence-corrected chi connectivity index (χ0v) is 14.2. The van der Waals surface area contributed by atoms with Crippen LogP contribution in [-0.2, 0) is 6.42 Å². The van der Waals surface area contributed by atoms with Gasteiger partial charge in [0.05, 0.1) is 12.2 Å². The maximum absolute atomic E-state index is 13.9. The Kier molecular flexibility index (Phi) is 4.40. The van der Waals surface area contributed by atoms with Gasteiger partial charge in [-0.1, -0.05) is 12.1 Å². The average Bonchev–Trinajstić information content (AvgIpc) is 3.10. The fourth-order valence-electron chi connectivity index (χ4n) is 3.63. The molecule has 0 aliphatic carbocycles.